The van der Waals surface area contributed by atoms with Gasteiger partial charge in [0.15, 0.2) is 0 Å². The Morgan fingerprint density at radius 1 is 1.24 bits per heavy atom. The molecule has 0 spiro atoms. The number of furan rings is 1. The summed E-state index contributed by atoms with van der Waals surface area (Å²) >= 11 is 0. The SMILES string of the molecule is CC1=C(C(=O)Nc2cccc(C(F)(F)F)c2)C(c2ccco2)n2nc(C)nc2N1. The van der Waals surface area contributed by atoms with Crippen molar-refractivity contribution in [3.05, 3.63) is 71.1 Å². The third kappa shape index (κ3) is 3.48. The number of fused-ring (bicyclic) bond motifs is 1. The molecule has 4 rings (SSSR count). The summed E-state index contributed by atoms with van der Waals surface area (Å²) in [4.78, 5) is 17.4. The Hall–Kier alpha value is -3.56. The van der Waals surface area contributed by atoms with Crippen LogP contribution < -0.4 is 10.6 Å². The van der Waals surface area contributed by atoms with Crippen LogP contribution in [0.3, 0.4) is 0 Å². The molecule has 1 aliphatic rings. The molecule has 10 heteroatoms. The van der Waals surface area contributed by atoms with Crippen LogP contribution in [0, 0.1) is 6.92 Å². The Morgan fingerprint density at radius 2 is 2.03 bits per heavy atom. The third-order valence-corrected chi connectivity index (χ3v) is 4.46. The van der Waals surface area contributed by atoms with E-state index < -0.39 is 23.7 Å². The molecule has 1 amide bonds. The Kier molecular flexibility index (Phi) is 4.40. The zero-order valence-electron chi connectivity index (χ0n) is 15.4. The van der Waals surface area contributed by atoms with Crippen molar-refractivity contribution in [2.24, 2.45) is 0 Å². The molecule has 1 aliphatic heterocycles. The summed E-state index contributed by atoms with van der Waals surface area (Å²) in [6.07, 6.45) is -3.04. The zero-order valence-corrected chi connectivity index (χ0v) is 15.4. The number of aromatic nitrogens is 3. The van der Waals surface area contributed by atoms with Crippen molar-refractivity contribution in [2.45, 2.75) is 26.1 Å². The first-order valence-corrected chi connectivity index (χ1v) is 8.67. The van der Waals surface area contributed by atoms with Gasteiger partial charge in [0.05, 0.1) is 17.4 Å². The van der Waals surface area contributed by atoms with Crippen molar-refractivity contribution in [1.29, 1.82) is 0 Å². The third-order valence-electron chi connectivity index (χ3n) is 4.46. The molecule has 0 bridgehead atoms. The van der Waals surface area contributed by atoms with Gasteiger partial charge in [-0.25, -0.2) is 4.68 Å². The van der Waals surface area contributed by atoms with Gasteiger partial charge in [0.2, 0.25) is 5.95 Å². The smallest absolute Gasteiger partial charge is 0.416 e. The highest BCUT2D eigenvalue weighted by Crippen LogP contribution is 2.36. The highest BCUT2D eigenvalue weighted by atomic mass is 19.4. The number of benzene rings is 1. The molecular formula is C19H16F3N5O2. The van der Waals surface area contributed by atoms with Crippen LogP contribution in [0.1, 0.15) is 30.1 Å². The van der Waals surface area contributed by atoms with Crippen LogP contribution in [0.4, 0.5) is 24.8 Å². The van der Waals surface area contributed by atoms with Crippen molar-refractivity contribution >= 4 is 17.5 Å². The first-order chi connectivity index (χ1) is 13.7. The van der Waals surface area contributed by atoms with Gasteiger partial charge in [-0.1, -0.05) is 6.07 Å². The van der Waals surface area contributed by atoms with E-state index in [-0.39, 0.29) is 11.3 Å². The van der Waals surface area contributed by atoms with Gasteiger partial charge in [0.25, 0.3) is 5.91 Å². The second-order valence-electron chi connectivity index (χ2n) is 6.54. The number of aryl methyl sites for hydroxylation is 1. The topological polar surface area (TPSA) is 85.0 Å². The molecule has 0 aliphatic carbocycles. The van der Waals surface area contributed by atoms with Crippen molar-refractivity contribution < 1.29 is 22.4 Å². The number of halogens is 3. The minimum absolute atomic E-state index is 0.0314. The van der Waals surface area contributed by atoms with E-state index in [1.807, 2.05) is 0 Å². The summed E-state index contributed by atoms with van der Waals surface area (Å²) in [5, 5.41) is 9.88. The number of anilines is 2. The second-order valence-corrected chi connectivity index (χ2v) is 6.54. The quantitative estimate of drug-likeness (QED) is 0.687. The molecule has 0 fully saturated rings. The molecule has 0 radical (unpaired) electrons. The maximum atomic E-state index is 13.1. The molecule has 2 aromatic heterocycles. The van der Waals surface area contributed by atoms with E-state index in [0.29, 0.717) is 23.2 Å². The maximum Gasteiger partial charge on any atom is 0.416 e. The Morgan fingerprint density at radius 3 is 2.72 bits per heavy atom. The van der Waals surface area contributed by atoms with E-state index in [2.05, 4.69) is 20.7 Å². The Bertz CT molecular complexity index is 1100. The zero-order chi connectivity index (χ0) is 20.8. The first kappa shape index (κ1) is 18.8. The fraction of sp³-hybridized carbons (Fsp3) is 0.211. The second kappa shape index (κ2) is 6.80. The van der Waals surface area contributed by atoms with Gasteiger partial charge >= 0.3 is 6.18 Å². The lowest BCUT2D eigenvalue weighted by molar-refractivity contribution is -0.137. The van der Waals surface area contributed by atoms with E-state index >= 15 is 0 Å². The molecule has 150 valence electrons. The fourth-order valence-corrected chi connectivity index (χ4v) is 3.23. The number of alkyl halides is 3. The summed E-state index contributed by atoms with van der Waals surface area (Å²) in [6.45, 7) is 3.40. The predicted molar refractivity (Wildman–Crippen MR) is 98.0 cm³/mol. The van der Waals surface area contributed by atoms with Crippen molar-refractivity contribution in [2.75, 3.05) is 10.6 Å². The van der Waals surface area contributed by atoms with E-state index in [1.54, 1.807) is 26.0 Å². The number of nitrogens with zero attached hydrogens (tertiary/aromatic N) is 3. The van der Waals surface area contributed by atoms with Gasteiger partial charge in [0, 0.05) is 11.4 Å². The molecule has 1 atom stereocenters. The normalized spacial score (nSPS) is 16.4. The van der Waals surface area contributed by atoms with E-state index in [4.69, 9.17) is 4.42 Å². The number of hydrogen-bond donors (Lipinski definition) is 2. The summed E-state index contributed by atoms with van der Waals surface area (Å²) in [6, 6.07) is 7.12. The molecule has 1 aromatic carbocycles. The van der Waals surface area contributed by atoms with E-state index in [0.717, 1.165) is 12.1 Å². The van der Waals surface area contributed by atoms with Crippen LogP contribution >= 0.6 is 0 Å². The lowest BCUT2D eigenvalue weighted by Crippen LogP contribution is -2.31. The van der Waals surface area contributed by atoms with Crippen LogP contribution in [0.2, 0.25) is 0 Å². The largest absolute Gasteiger partial charge is 0.467 e. The molecular weight excluding hydrogens is 387 g/mol. The number of carbonyl (C=O) groups is 1. The highest BCUT2D eigenvalue weighted by molar-refractivity contribution is 6.05. The van der Waals surface area contributed by atoms with Gasteiger partial charge < -0.3 is 15.1 Å². The molecule has 29 heavy (non-hydrogen) atoms. The molecule has 1 unspecified atom stereocenters. The molecule has 0 saturated heterocycles. The van der Waals surface area contributed by atoms with Crippen LogP contribution in [-0.2, 0) is 11.0 Å². The Labute approximate surface area is 163 Å². The number of amides is 1. The summed E-state index contributed by atoms with van der Waals surface area (Å²) < 4.78 is 45.9. The average Bonchev–Trinajstić information content (AvgIpc) is 3.28. The first-order valence-electron chi connectivity index (χ1n) is 8.67. The van der Waals surface area contributed by atoms with Crippen LogP contribution in [0.25, 0.3) is 0 Å². The van der Waals surface area contributed by atoms with Crippen LogP contribution in [0.15, 0.2) is 58.3 Å². The van der Waals surface area contributed by atoms with E-state index in [1.165, 1.54) is 23.1 Å². The maximum absolute atomic E-state index is 13.1. The lowest BCUT2D eigenvalue weighted by Gasteiger charge is -2.27. The number of carbonyl (C=O) groups excluding carboxylic acids is 1. The fourth-order valence-electron chi connectivity index (χ4n) is 3.23. The van der Waals surface area contributed by atoms with Crippen molar-refractivity contribution in [3.8, 4) is 0 Å². The summed E-state index contributed by atoms with van der Waals surface area (Å²) in [7, 11) is 0. The number of nitrogens with one attached hydrogen (secondary N) is 2. The minimum atomic E-state index is -4.51. The van der Waals surface area contributed by atoms with Crippen molar-refractivity contribution in [1.82, 2.24) is 14.8 Å². The van der Waals surface area contributed by atoms with Gasteiger partial charge in [0.1, 0.15) is 17.6 Å². The number of rotatable bonds is 3. The molecule has 0 saturated carbocycles. The molecule has 7 nitrogen and oxygen atoms in total. The lowest BCUT2D eigenvalue weighted by atomic mass is 10.00. The van der Waals surface area contributed by atoms with Gasteiger partial charge in [-0.05, 0) is 44.2 Å². The standard InChI is InChI=1S/C19H16F3N5O2/c1-10-15(17(28)25-13-6-3-5-12(9-13)19(20,21)22)16(14-7-4-8-29-14)27-18(23-10)24-11(2)26-27/h3-9,16H,1-2H3,(H,25,28)(H,23,24,26). The van der Waals surface area contributed by atoms with E-state index in [9.17, 15) is 18.0 Å². The van der Waals surface area contributed by atoms with Crippen molar-refractivity contribution in [3.63, 3.8) is 0 Å². The van der Waals surface area contributed by atoms with Crippen LogP contribution in [0.5, 0.6) is 0 Å². The summed E-state index contributed by atoms with van der Waals surface area (Å²) in [5.41, 5.74) is -0.0611. The minimum Gasteiger partial charge on any atom is -0.467 e. The number of hydrogen-bond acceptors (Lipinski definition) is 5. The average molecular weight is 403 g/mol. The molecule has 3 heterocycles. The molecule has 3 aromatic rings. The molecule has 2 N–H and O–H groups in total. The van der Waals surface area contributed by atoms with Gasteiger partial charge in [-0.15, -0.1) is 0 Å². The van der Waals surface area contributed by atoms with Gasteiger partial charge in [-0.2, -0.15) is 23.3 Å². The monoisotopic (exact) mass is 403 g/mol. The van der Waals surface area contributed by atoms with Crippen LogP contribution in [-0.4, -0.2) is 20.7 Å². The summed E-state index contributed by atoms with van der Waals surface area (Å²) in [5.74, 6) is 0.814. The number of allylic oxidation sites excluding steroid dienone is 1. The van der Waals surface area contributed by atoms with Gasteiger partial charge in [-0.3, -0.25) is 4.79 Å². The highest BCUT2D eigenvalue weighted by Gasteiger charge is 2.36. The Balaban J connectivity index is 1.71. The predicted octanol–water partition coefficient (Wildman–Crippen LogP) is 4.13.